The van der Waals surface area contributed by atoms with Gasteiger partial charge in [0.2, 0.25) is 5.91 Å². The van der Waals surface area contributed by atoms with Crippen LogP contribution < -0.4 is 5.32 Å². The molecule has 0 aromatic carbocycles. The molecule has 2 fully saturated rings. The van der Waals surface area contributed by atoms with Crippen LogP contribution in [0.25, 0.3) is 0 Å². The molecular formula is C15H16F3N3O3. The van der Waals surface area contributed by atoms with Gasteiger partial charge >= 0.3 is 12.3 Å². The first kappa shape index (κ1) is 16.5. The second-order valence-corrected chi connectivity index (χ2v) is 6.28. The highest BCUT2D eigenvalue weighted by Gasteiger charge is 2.58. The van der Waals surface area contributed by atoms with Crippen LogP contribution in [0.1, 0.15) is 25.0 Å². The first-order valence-electron chi connectivity index (χ1n) is 7.54. The zero-order chi connectivity index (χ0) is 17.5. The number of halogens is 3. The molecular weight excluding hydrogens is 327 g/mol. The van der Waals surface area contributed by atoms with Crippen molar-refractivity contribution in [2.45, 2.75) is 25.4 Å². The van der Waals surface area contributed by atoms with Crippen LogP contribution in [0.3, 0.4) is 0 Å². The third kappa shape index (κ3) is 3.15. The van der Waals surface area contributed by atoms with E-state index in [-0.39, 0.29) is 23.1 Å². The van der Waals surface area contributed by atoms with Crippen molar-refractivity contribution in [3.63, 3.8) is 0 Å². The predicted molar refractivity (Wildman–Crippen MR) is 77.2 cm³/mol. The largest absolute Gasteiger partial charge is 0.465 e. The molecule has 1 aromatic rings. The summed E-state index contributed by atoms with van der Waals surface area (Å²) in [6.07, 6.45) is -3.73. The summed E-state index contributed by atoms with van der Waals surface area (Å²) >= 11 is 0. The minimum Gasteiger partial charge on any atom is -0.465 e. The number of nitrogens with one attached hydrogen (secondary N) is 1. The van der Waals surface area contributed by atoms with Gasteiger partial charge in [0.15, 0.2) is 0 Å². The number of anilines is 1. The Balaban J connectivity index is 1.61. The number of pyridine rings is 1. The molecule has 0 bridgehead atoms. The Bertz CT molecular complexity index is 669. The average molecular weight is 343 g/mol. The van der Waals surface area contributed by atoms with Crippen molar-refractivity contribution in [2.75, 3.05) is 18.4 Å². The zero-order valence-corrected chi connectivity index (χ0v) is 12.6. The van der Waals surface area contributed by atoms with Crippen molar-refractivity contribution in [2.24, 2.45) is 11.3 Å². The molecule has 1 saturated carbocycles. The number of carbonyl (C=O) groups excluding carboxylic acids is 1. The van der Waals surface area contributed by atoms with E-state index in [0.29, 0.717) is 32.4 Å². The molecule has 9 heteroatoms. The summed E-state index contributed by atoms with van der Waals surface area (Å²) in [6.45, 7) is 0.752. The third-order valence-corrected chi connectivity index (χ3v) is 4.83. The summed E-state index contributed by atoms with van der Waals surface area (Å²) in [4.78, 5) is 27.9. The maximum absolute atomic E-state index is 12.6. The molecule has 24 heavy (non-hydrogen) atoms. The highest BCUT2D eigenvalue weighted by atomic mass is 19.4. The Kier molecular flexibility index (Phi) is 3.89. The minimum absolute atomic E-state index is 0.125. The zero-order valence-electron chi connectivity index (χ0n) is 12.6. The molecule has 2 N–H and O–H groups in total. The average Bonchev–Trinajstić information content (AvgIpc) is 3.21. The standard InChI is InChI=1S/C15H16F3N3O3/c16-15(17,18)10-2-1-3-11(19-10)20-12(22)9-8-14(9)4-6-21(7-5-14)13(23)24/h1-3,9H,4-8H2,(H,23,24)(H,19,20,22)/t9-/m1/s1. The number of rotatable bonds is 2. The van der Waals surface area contributed by atoms with Gasteiger partial charge in [-0.1, -0.05) is 6.07 Å². The maximum atomic E-state index is 12.6. The van der Waals surface area contributed by atoms with Crippen molar-refractivity contribution in [1.29, 1.82) is 0 Å². The Morgan fingerprint density at radius 1 is 1.29 bits per heavy atom. The van der Waals surface area contributed by atoms with Gasteiger partial charge in [-0.25, -0.2) is 9.78 Å². The second-order valence-electron chi connectivity index (χ2n) is 6.28. The monoisotopic (exact) mass is 343 g/mol. The number of nitrogens with zero attached hydrogens (tertiary/aromatic N) is 2. The normalized spacial score (nSPS) is 22.3. The lowest BCUT2D eigenvalue weighted by atomic mass is 9.91. The molecule has 2 heterocycles. The third-order valence-electron chi connectivity index (χ3n) is 4.83. The molecule has 6 nitrogen and oxygen atoms in total. The van der Waals surface area contributed by atoms with Gasteiger partial charge in [-0.15, -0.1) is 0 Å². The SMILES string of the molecule is O=C(Nc1cccc(C(F)(F)F)n1)[C@H]1CC12CCN(C(=O)O)CC2. The smallest absolute Gasteiger partial charge is 0.433 e. The number of aromatic nitrogens is 1. The van der Waals surface area contributed by atoms with Gasteiger partial charge in [0, 0.05) is 19.0 Å². The van der Waals surface area contributed by atoms with Crippen LogP contribution in [-0.4, -0.2) is 40.1 Å². The van der Waals surface area contributed by atoms with E-state index >= 15 is 0 Å². The first-order chi connectivity index (χ1) is 11.2. The molecule has 1 spiro atoms. The molecule has 0 radical (unpaired) electrons. The summed E-state index contributed by atoms with van der Waals surface area (Å²) in [7, 11) is 0. The molecule has 1 saturated heterocycles. The Morgan fingerprint density at radius 2 is 1.96 bits per heavy atom. The molecule has 2 amide bonds. The molecule has 0 unspecified atom stereocenters. The van der Waals surface area contributed by atoms with E-state index in [1.54, 1.807) is 0 Å². The minimum atomic E-state index is -4.56. The lowest BCUT2D eigenvalue weighted by Crippen LogP contribution is -2.39. The van der Waals surface area contributed by atoms with Crippen LogP contribution in [0.2, 0.25) is 0 Å². The van der Waals surface area contributed by atoms with Gasteiger partial charge < -0.3 is 15.3 Å². The summed E-state index contributed by atoms with van der Waals surface area (Å²) in [5, 5.41) is 11.4. The molecule has 1 aliphatic carbocycles. The van der Waals surface area contributed by atoms with E-state index in [4.69, 9.17) is 5.11 Å². The number of likely N-dealkylation sites (tertiary alicyclic amines) is 1. The van der Waals surface area contributed by atoms with Crippen molar-refractivity contribution in [1.82, 2.24) is 9.88 Å². The fourth-order valence-electron chi connectivity index (χ4n) is 3.29. The van der Waals surface area contributed by atoms with E-state index < -0.39 is 18.0 Å². The maximum Gasteiger partial charge on any atom is 0.433 e. The Labute approximate surface area is 135 Å². The van der Waals surface area contributed by atoms with E-state index in [1.165, 1.54) is 17.0 Å². The number of piperidine rings is 1. The second kappa shape index (κ2) is 5.64. The Hall–Kier alpha value is -2.32. The van der Waals surface area contributed by atoms with Crippen LogP contribution in [0, 0.1) is 11.3 Å². The summed E-state index contributed by atoms with van der Waals surface area (Å²) in [5.74, 6) is -0.782. The number of hydrogen-bond donors (Lipinski definition) is 2. The first-order valence-corrected chi connectivity index (χ1v) is 7.54. The van der Waals surface area contributed by atoms with Gasteiger partial charge in [-0.2, -0.15) is 13.2 Å². The molecule has 1 atom stereocenters. The molecule has 3 rings (SSSR count). The highest BCUT2D eigenvalue weighted by molar-refractivity contribution is 5.94. The van der Waals surface area contributed by atoms with Crippen LogP contribution in [-0.2, 0) is 11.0 Å². The van der Waals surface area contributed by atoms with Crippen molar-refractivity contribution >= 4 is 17.8 Å². The van der Waals surface area contributed by atoms with Gasteiger partial charge in [0.05, 0.1) is 0 Å². The molecule has 1 aromatic heterocycles. The quantitative estimate of drug-likeness (QED) is 0.865. The predicted octanol–water partition coefficient (Wildman–Crippen LogP) is 2.82. The fourth-order valence-corrected chi connectivity index (χ4v) is 3.29. The number of amides is 2. The van der Waals surface area contributed by atoms with Crippen LogP contribution in [0.5, 0.6) is 0 Å². The highest BCUT2D eigenvalue weighted by Crippen LogP contribution is 2.59. The number of carboxylic acid groups (broad SMARTS) is 1. The van der Waals surface area contributed by atoms with Gasteiger partial charge in [0.1, 0.15) is 11.5 Å². The van der Waals surface area contributed by atoms with Crippen molar-refractivity contribution in [3.05, 3.63) is 23.9 Å². The van der Waals surface area contributed by atoms with Gasteiger partial charge in [0.25, 0.3) is 0 Å². The van der Waals surface area contributed by atoms with E-state index in [1.807, 2.05) is 0 Å². The summed E-state index contributed by atoms with van der Waals surface area (Å²) in [5.41, 5.74) is -1.28. The number of hydrogen-bond acceptors (Lipinski definition) is 3. The van der Waals surface area contributed by atoms with Crippen molar-refractivity contribution < 1.29 is 27.9 Å². The molecule has 1 aliphatic heterocycles. The lowest BCUT2D eigenvalue weighted by Gasteiger charge is -2.30. The lowest BCUT2D eigenvalue weighted by molar-refractivity contribution is -0.141. The number of alkyl halides is 3. The molecule has 130 valence electrons. The fraction of sp³-hybridized carbons (Fsp3) is 0.533. The summed E-state index contributed by atoms with van der Waals surface area (Å²) in [6, 6.07) is 3.35. The Morgan fingerprint density at radius 3 is 2.54 bits per heavy atom. The molecule has 2 aliphatic rings. The van der Waals surface area contributed by atoms with E-state index in [9.17, 15) is 22.8 Å². The van der Waals surface area contributed by atoms with E-state index in [2.05, 4.69) is 10.3 Å². The van der Waals surface area contributed by atoms with Crippen LogP contribution >= 0.6 is 0 Å². The van der Waals surface area contributed by atoms with Crippen LogP contribution in [0.15, 0.2) is 18.2 Å². The number of carbonyl (C=O) groups is 2. The summed E-state index contributed by atoms with van der Waals surface area (Å²) < 4.78 is 37.9. The van der Waals surface area contributed by atoms with Crippen molar-refractivity contribution in [3.8, 4) is 0 Å². The van der Waals surface area contributed by atoms with Gasteiger partial charge in [-0.05, 0) is 36.8 Å². The topological polar surface area (TPSA) is 82.5 Å². The van der Waals surface area contributed by atoms with Gasteiger partial charge in [-0.3, -0.25) is 4.79 Å². The van der Waals surface area contributed by atoms with E-state index in [0.717, 1.165) is 6.07 Å². The van der Waals surface area contributed by atoms with Crippen LogP contribution in [0.4, 0.5) is 23.8 Å².